The van der Waals surface area contributed by atoms with Crippen molar-refractivity contribution in [3.05, 3.63) is 22.4 Å². The van der Waals surface area contributed by atoms with Crippen LogP contribution in [0.3, 0.4) is 0 Å². The number of aliphatic carboxylic acids is 1. The van der Waals surface area contributed by atoms with Crippen molar-refractivity contribution in [2.24, 2.45) is 0 Å². The van der Waals surface area contributed by atoms with Gasteiger partial charge in [-0.3, -0.25) is 4.79 Å². The second kappa shape index (κ2) is 6.27. The van der Waals surface area contributed by atoms with Crippen LogP contribution in [0.15, 0.2) is 16.8 Å². The fourth-order valence-corrected chi connectivity index (χ4v) is 1.94. The third kappa shape index (κ3) is 3.66. The van der Waals surface area contributed by atoms with E-state index in [-0.39, 0.29) is 5.91 Å². The van der Waals surface area contributed by atoms with Gasteiger partial charge in [0, 0.05) is 5.38 Å². The van der Waals surface area contributed by atoms with Crippen molar-refractivity contribution in [2.75, 3.05) is 0 Å². The molecule has 4 nitrogen and oxygen atoms in total. The maximum absolute atomic E-state index is 11.6. The molecule has 1 unspecified atom stereocenters. The van der Waals surface area contributed by atoms with E-state index in [2.05, 4.69) is 5.32 Å². The summed E-state index contributed by atoms with van der Waals surface area (Å²) in [4.78, 5) is 22.5. The van der Waals surface area contributed by atoms with Gasteiger partial charge in [-0.05, 0) is 17.9 Å². The van der Waals surface area contributed by atoms with E-state index >= 15 is 0 Å². The van der Waals surface area contributed by atoms with Gasteiger partial charge in [0.2, 0.25) is 0 Å². The second-order valence-corrected chi connectivity index (χ2v) is 4.30. The second-order valence-electron chi connectivity index (χ2n) is 3.52. The van der Waals surface area contributed by atoms with Crippen LogP contribution in [0.1, 0.15) is 36.5 Å². The summed E-state index contributed by atoms with van der Waals surface area (Å²) in [5.41, 5.74) is 0.521. The van der Waals surface area contributed by atoms with Gasteiger partial charge in [-0.1, -0.05) is 19.8 Å². The first-order chi connectivity index (χ1) is 7.65. The predicted molar refractivity (Wildman–Crippen MR) is 62.7 cm³/mol. The molecule has 88 valence electrons. The lowest BCUT2D eigenvalue weighted by Crippen LogP contribution is -2.40. The minimum atomic E-state index is -0.975. The fourth-order valence-electron chi connectivity index (χ4n) is 1.30. The van der Waals surface area contributed by atoms with Crippen LogP contribution in [-0.2, 0) is 4.79 Å². The van der Waals surface area contributed by atoms with Crippen molar-refractivity contribution in [2.45, 2.75) is 32.2 Å². The molecule has 0 aliphatic carbocycles. The zero-order valence-electron chi connectivity index (χ0n) is 9.10. The average molecular weight is 241 g/mol. The molecule has 1 rings (SSSR count). The van der Waals surface area contributed by atoms with Crippen molar-refractivity contribution in [3.8, 4) is 0 Å². The third-order valence-corrected chi connectivity index (χ3v) is 2.92. The van der Waals surface area contributed by atoms with Gasteiger partial charge in [0.05, 0.1) is 5.56 Å². The Morgan fingerprint density at radius 1 is 1.56 bits per heavy atom. The standard InChI is InChI=1S/C11H15NO3S/c1-2-3-4-9(11(14)15)12-10(13)8-5-6-16-7-8/h5-7,9H,2-4H2,1H3,(H,12,13)(H,14,15). The van der Waals surface area contributed by atoms with Crippen molar-refractivity contribution in [1.29, 1.82) is 0 Å². The normalized spacial score (nSPS) is 12.1. The smallest absolute Gasteiger partial charge is 0.326 e. The SMILES string of the molecule is CCCCC(NC(=O)c1ccsc1)C(=O)O. The topological polar surface area (TPSA) is 66.4 Å². The Kier molecular flexibility index (Phi) is 4.98. The van der Waals surface area contributed by atoms with Gasteiger partial charge in [-0.15, -0.1) is 0 Å². The number of carboxylic acid groups (broad SMARTS) is 1. The van der Waals surface area contributed by atoms with E-state index in [0.29, 0.717) is 12.0 Å². The molecule has 0 bridgehead atoms. The van der Waals surface area contributed by atoms with Gasteiger partial charge < -0.3 is 10.4 Å². The first-order valence-electron chi connectivity index (χ1n) is 5.21. The zero-order chi connectivity index (χ0) is 12.0. The fraction of sp³-hybridized carbons (Fsp3) is 0.455. The lowest BCUT2D eigenvalue weighted by atomic mass is 10.1. The van der Waals surface area contributed by atoms with Crippen LogP contribution in [0.25, 0.3) is 0 Å². The Morgan fingerprint density at radius 3 is 2.81 bits per heavy atom. The van der Waals surface area contributed by atoms with Crippen LogP contribution < -0.4 is 5.32 Å². The number of amides is 1. The number of nitrogens with one attached hydrogen (secondary N) is 1. The van der Waals surface area contributed by atoms with E-state index in [9.17, 15) is 9.59 Å². The van der Waals surface area contributed by atoms with Crippen LogP contribution in [0.4, 0.5) is 0 Å². The quantitative estimate of drug-likeness (QED) is 0.801. The highest BCUT2D eigenvalue weighted by atomic mass is 32.1. The van der Waals surface area contributed by atoms with E-state index in [0.717, 1.165) is 12.8 Å². The van der Waals surface area contributed by atoms with Gasteiger partial charge in [0.15, 0.2) is 0 Å². The van der Waals surface area contributed by atoms with Crippen molar-refractivity contribution in [1.82, 2.24) is 5.32 Å². The first kappa shape index (κ1) is 12.7. The summed E-state index contributed by atoms with van der Waals surface area (Å²) in [6, 6.07) is 0.894. The number of hydrogen-bond donors (Lipinski definition) is 2. The Balaban J connectivity index is 2.54. The van der Waals surface area contributed by atoms with Crippen LogP contribution >= 0.6 is 11.3 Å². The number of rotatable bonds is 6. The molecule has 1 amide bonds. The van der Waals surface area contributed by atoms with Gasteiger partial charge in [-0.2, -0.15) is 11.3 Å². The molecule has 1 aromatic rings. The van der Waals surface area contributed by atoms with Crippen LogP contribution in [0.5, 0.6) is 0 Å². The molecule has 1 heterocycles. The molecule has 0 saturated heterocycles. The van der Waals surface area contributed by atoms with E-state index in [1.54, 1.807) is 16.8 Å². The largest absolute Gasteiger partial charge is 0.480 e. The Bertz CT molecular complexity index is 348. The zero-order valence-corrected chi connectivity index (χ0v) is 9.92. The van der Waals surface area contributed by atoms with Crippen molar-refractivity contribution in [3.63, 3.8) is 0 Å². The van der Waals surface area contributed by atoms with Crippen LogP contribution in [-0.4, -0.2) is 23.0 Å². The molecule has 0 aliphatic rings. The van der Waals surface area contributed by atoms with Crippen LogP contribution in [0.2, 0.25) is 0 Å². The number of carboxylic acids is 1. The Labute approximate surface area is 98.3 Å². The Hall–Kier alpha value is -1.36. The summed E-state index contributed by atoms with van der Waals surface area (Å²) in [5, 5.41) is 14.9. The van der Waals surface area contributed by atoms with E-state index in [4.69, 9.17) is 5.11 Å². The molecule has 0 aromatic carbocycles. The molecule has 0 spiro atoms. The summed E-state index contributed by atoms with van der Waals surface area (Å²) in [6.45, 7) is 1.99. The molecule has 0 fully saturated rings. The van der Waals surface area contributed by atoms with Crippen LogP contribution in [0, 0.1) is 0 Å². The summed E-state index contributed by atoms with van der Waals surface area (Å²) in [6.07, 6.45) is 2.18. The molecule has 5 heteroatoms. The highest BCUT2D eigenvalue weighted by Crippen LogP contribution is 2.07. The maximum atomic E-state index is 11.6. The van der Waals surface area contributed by atoms with Crippen molar-refractivity contribution >= 4 is 23.2 Å². The van der Waals surface area contributed by atoms with Gasteiger partial charge in [0.25, 0.3) is 5.91 Å². The lowest BCUT2D eigenvalue weighted by molar-refractivity contribution is -0.139. The number of thiophene rings is 1. The van der Waals surface area contributed by atoms with E-state index < -0.39 is 12.0 Å². The monoisotopic (exact) mass is 241 g/mol. The minimum absolute atomic E-state index is 0.315. The van der Waals surface area contributed by atoms with Gasteiger partial charge in [0.1, 0.15) is 6.04 Å². The maximum Gasteiger partial charge on any atom is 0.326 e. The highest BCUT2D eigenvalue weighted by molar-refractivity contribution is 7.08. The molecule has 0 saturated carbocycles. The van der Waals surface area contributed by atoms with E-state index in [1.807, 2.05) is 6.92 Å². The molecule has 16 heavy (non-hydrogen) atoms. The molecular weight excluding hydrogens is 226 g/mol. The number of hydrogen-bond acceptors (Lipinski definition) is 3. The highest BCUT2D eigenvalue weighted by Gasteiger charge is 2.19. The summed E-state index contributed by atoms with van der Waals surface area (Å²) in [7, 11) is 0. The predicted octanol–water partition coefficient (Wildman–Crippen LogP) is 2.12. The molecular formula is C11H15NO3S. The van der Waals surface area contributed by atoms with Gasteiger partial charge >= 0.3 is 5.97 Å². The molecule has 1 atom stereocenters. The molecule has 0 aliphatic heterocycles. The minimum Gasteiger partial charge on any atom is -0.480 e. The van der Waals surface area contributed by atoms with Gasteiger partial charge in [-0.25, -0.2) is 4.79 Å². The number of carbonyl (C=O) groups excluding carboxylic acids is 1. The molecule has 2 N–H and O–H groups in total. The summed E-state index contributed by atoms with van der Waals surface area (Å²) < 4.78 is 0. The molecule has 0 radical (unpaired) electrons. The average Bonchev–Trinajstić information content (AvgIpc) is 2.76. The summed E-state index contributed by atoms with van der Waals surface area (Å²) >= 11 is 1.41. The number of unbranched alkanes of at least 4 members (excludes halogenated alkanes) is 1. The summed E-state index contributed by atoms with van der Waals surface area (Å²) in [5.74, 6) is -1.29. The first-order valence-corrected chi connectivity index (χ1v) is 6.15. The molecule has 1 aromatic heterocycles. The third-order valence-electron chi connectivity index (χ3n) is 2.23. The number of carbonyl (C=O) groups is 2. The Morgan fingerprint density at radius 2 is 2.31 bits per heavy atom. The van der Waals surface area contributed by atoms with Crippen molar-refractivity contribution < 1.29 is 14.7 Å². The van der Waals surface area contributed by atoms with E-state index in [1.165, 1.54) is 11.3 Å². The lowest BCUT2D eigenvalue weighted by Gasteiger charge is -2.13.